The highest BCUT2D eigenvalue weighted by atomic mass is 32.2. The van der Waals surface area contributed by atoms with Gasteiger partial charge < -0.3 is 9.47 Å². The van der Waals surface area contributed by atoms with Gasteiger partial charge in [0.25, 0.3) is 5.69 Å². The lowest BCUT2D eigenvalue weighted by Crippen LogP contribution is -1.97. The van der Waals surface area contributed by atoms with Crippen LogP contribution in [0.1, 0.15) is 0 Å². The van der Waals surface area contributed by atoms with Gasteiger partial charge in [0.05, 0.1) is 16.9 Å². The number of hydrogen-bond acceptors (Lipinski definition) is 6. The van der Waals surface area contributed by atoms with E-state index in [1.807, 2.05) is 30.3 Å². The Morgan fingerprint density at radius 1 is 0.844 bits per heavy atom. The smallest absolute Gasteiger partial charge is 0.269 e. The van der Waals surface area contributed by atoms with Crippen LogP contribution in [0.2, 0.25) is 0 Å². The predicted molar refractivity (Wildman–Crippen MR) is 122 cm³/mol. The van der Waals surface area contributed by atoms with Crippen molar-refractivity contribution in [2.75, 3.05) is 13.4 Å². The minimum atomic E-state index is -3.31. The van der Waals surface area contributed by atoms with Gasteiger partial charge >= 0.3 is 0 Å². The number of methoxy groups -OCH3 is 1. The molecule has 4 aromatic carbocycles. The lowest BCUT2D eigenvalue weighted by atomic mass is 9.99. The van der Waals surface area contributed by atoms with Crippen molar-refractivity contribution in [3.05, 3.63) is 89.0 Å². The highest BCUT2D eigenvalue weighted by Gasteiger charge is 2.15. The van der Waals surface area contributed by atoms with Gasteiger partial charge in [-0.15, -0.1) is 0 Å². The second kappa shape index (κ2) is 8.32. The molecule has 0 heterocycles. The number of nitrogens with zero attached hydrogens (tertiary/aromatic N) is 1. The summed E-state index contributed by atoms with van der Waals surface area (Å²) in [5.74, 6) is 1.68. The van der Waals surface area contributed by atoms with Gasteiger partial charge in [0, 0.05) is 29.3 Å². The fourth-order valence-electron chi connectivity index (χ4n) is 3.38. The third-order valence-corrected chi connectivity index (χ3v) is 6.17. The molecular formula is C24H19NO6S. The Morgan fingerprint density at radius 2 is 1.50 bits per heavy atom. The summed E-state index contributed by atoms with van der Waals surface area (Å²) >= 11 is 0. The van der Waals surface area contributed by atoms with Crippen molar-refractivity contribution >= 4 is 26.3 Å². The molecule has 0 radical (unpaired) electrons. The molecule has 0 atom stereocenters. The summed E-state index contributed by atoms with van der Waals surface area (Å²) in [6, 6.07) is 21.8. The molecule has 0 aromatic heterocycles. The summed E-state index contributed by atoms with van der Waals surface area (Å²) in [6.07, 6.45) is 1.16. The van der Waals surface area contributed by atoms with Crippen molar-refractivity contribution < 1.29 is 22.8 Å². The van der Waals surface area contributed by atoms with Crippen molar-refractivity contribution in [3.8, 4) is 28.4 Å². The highest BCUT2D eigenvalue weighted by Crippen LogP contribution is 2.41. The molecule has 0 aliphatic carbocycles. The molecule has 32 heavy (non-hydrogen) atoms. The van der Waals surface area contributed by atoms with Crippen LogP contribution in [0.4, 0.5) is 5.69 Å². The largest absolute Gasteiger partial charge is 0.497 e. The fraction of sp³-hybridized carbons (Fsp3) is 0.0833. The molecule has 0 spiro atoms. The number of hydrogen-bond donors (Lipinski definition) is 0. The molecule has 162 valence electrons. The number of rotatable bonds is 6. The van der Waals surface area contributed by atoms with E-state index in [2.05, 4.69) is 0 Å². The highest BCUT2D eigenvalue weighted by molar-refractivity contribution is 7.90. The van der Waals surface area contributed by atoms with Crippen LogP contribution < -0.4 is 9.47 Å². The first kappa shape index (κ1) is 21.3. The lowest BCUT2D eigenvalue weighted by molar-refractivity contribution is -0.384. The molecule has 0 N–H and O–H groups in total. The van der Waals surface area contributed by atoms with E-state index in [4.69, 9.17) is 9.47 Å². The molecule has 8 heteroatoms. The SMILES string of the molecule is COc1ccc2c(Oc3ccc([N+](=O)[O-])cc3)c(-c3ccc(S(C)(=O)=O)cc3)ccc2c1. The van der Waals surface area contributed by atoms with Gasteiger partial charge in [-0.05, 0) is 59.5 Å². The number of benzene rings is 4. The van der Waals surface area contributed by atoms with E-state index in [9.17, 15) is 18.5 Å². The van der Waals surface area contributed by atoms with E-state index in [0.29, 0.717) is 17.2 Å². The summed E-state index contributed by atoms with van der Waals surface area (Å²) in [5.41, 5.74) is 1.49. The van der Waals surface area contributed by atoms with Crippen molar-refractivity contribution in [2.24, 2.45) is 0 Å². The van der Waals surface area contributed by atoms with E-state index in [1.54, 1.807) is 31.4 Å². The van der Waals surface area contributed by atoms with Gasteiger partial charge in [0.15, 0.2) is 9.84 Å². The Morgan fingerprint density at radius 3 is 2.09 bits per heavy atom. The van der Waals surface area contributed by atoms with Gasteiger partial charge in [0.2, 0.25) is 0 Å². The van der Waals surface area contributed by atoms with Gasteiger partial charge in [-0.25, -0.2) is 8.42 Å². The second-order valence-electron chi connectivity index (χ2n) is 7.18. The van der Waals surface area contributed by atoms with Crippen LogP contribution in [0, 0.1) is 10.1 Å². The predicted octanol–water partition coefficient (Wildman–Crippen LogP) is 5.62. The minimum Gasteiger partial charge on any atom is -0.497 e. The zero-order valence-electron chi connectivity index (χ0n) is 17.3. The lowest BCUT2D eigenvalue weighted by Gasteiger charge is -2.15. The Kier molecular flexibility index (Phi) is 5.54. The average molecular weight is 449 g/mol. The fourth-order valence-corrected chi connectivity index (χ4v) is 4.01. The maximum Gasteiger partial charge on any atom is 0.269 e. The van der Waals surface area contributed by atoms with Gasteiger partial charge in [-0.3, -0.25) is 10.1 Å². The van der Waals surface area contributed by atoms with Crippen molar-refractivity contribution in [1.29, 1.82) is 0 Å². The number of fused-ring (bicyclic) bond motifs is 1. The first-order valence-corrected chi connectivity index (χ1v) is 11.5. The van der Waals surface area contributed by atoms with Crippen molar-refractivity contribution in [1.82, 2.24) is 0 Å². The quantitative estimate of drug-likeness (QED) is 0.280. The number of nitro groups is 1. The zero-order chi connectivity index (χ0) is 22.9. The van der Waals surface area contributed by atoms with Crippen LogP contribution in [0.15, 0.2) is 83.8 Å². The number of sulfone groups is 1. The standard InChI is InChI=1S/C24H19NO6S/c1-30-20-10-14-23-17(15-20)5-13-22(16-3-11-21(12-4-16)32(2,28)29)24(23)31-19-8-6-18(7-9-19)25(26)27/h3-15H,1-2H3. The molecule has 0 aliphatic heterocycles. The monoisotopic (exact) mass is 449 g/mol. The Balaban J connectivity index is 1.85. The van der Waals surface area contributed by atoms with E-state index < -0.39 is 14.8 Å². The number of nitro benzene ring substituents is 1. The molecule has 0 saturated carbocycles. The molecule has 0 bridgehead atoms. The molecule has 4 aromatic rings. The Hall–Kier alpha value is -3.91. The molecule has 7 nitrogen and oxygen atoms in total. The minimum absolute atomic E-state index is 0.0309. The first-order chi connectivity index (χ1) is 15.3. The van der Waals surface area contributed by atoms with Crippen molar-refractivity contribution in [2.45, 2.75) is 4.90 Å². The third-order valence-electron chi connectivity index (χ3n) is 5.04. The summed E-state index contributed by atoms with van der Waals surface area (Å²) in [5, 5.41) is 12.7. The average Bonchev–Trinajstić information content (AvgIpc) is 2.78. The molecule has 0 saturated heterocycles. The molecule has 0 fully saturated rings. The maximum atomic E-state index is 11.8. The van der Waals surface area contributed by atoms with Crippen molar-refractivity contribution in [3.63, 3.8) is 0 Å². The van der Waals surface area contributed by atoms with E-state index in [1.165, 1.54) is 24.3 Å². The first-order valence-electron chi connectivity index (χ1n) is 9.60. The molecule has 4 rings (SSSR count). The van der Waals surface area contributed by atoms with Gasteiger partial charge in [-0.2, -0.15) is 0 Å². The zero-order valence-corrected chi connectivity index (χ0v) is 18.1. The number of ether oxygens (including phenoxy) is 2. The van der Waals surface area contributed by atoms with Crippen LogP contribution >= 0.6 is 0 Å². The number of non-ortho nitro benzene ring substituents is 1. The molecule has 0 aliphatic rings. The maximum absolute atomic E-state index is 11.8. The molecule has 0 unspecified atom stereocenters. The Labute approximate surface area is 184 Å². The van der Waals surface area contributed by atoms with Gasteiger partial charge in [0.1, 0.15) is 17.2 Å². The van der Waals surface area contributed by atoms with E-state index in [0.717, 1.165) is 28.2 Å². The topological polar surface area (TPSA) is 95.7 Å². The summed E-state index contributed by atoms with van der Waals surface area (Å²) in [7, 11) is -1.72. The summed E-state index contributed by atoms with van der Waals surface area (Å²) < 4.78 is 35.1. The van der Waals surface area contributed by atoms with Crippen LogP contribution in [0.25, 0.3) is 21.9 Å². The molecular weight excluding hydrogens is 430 g/mol. The Bertz CT molecular complexity index is 1410. The molecule has 0 amide bonds. The summed E-state index contributed by atoms with van der Waals surface area (Å²) in [6.45, 7) is 0. The normalized spacial score (nSPS) is 11.3. The van der Waals surface area contributed by atoms with Crippen LogP contribution in [0.3, 0.4) is 0 Å². The third kappa shape index (κ3) is 4.26. The second-order valence-corrected chi connectivity index (χ2v) is 9.19. The van der Waals surface area contributed by atoms with Crippen LogP contribution in [-0.2, 0) is 9.84 Å². The summed E-state index contributed by atoms with van der Waals surface area (Å²) in [4.78, 5) is 10.7. The van der Waals surface area contributed by atoms with Crippen LogP contribution in [-0.4, -0.2) is 26.7 Å². The van der Waals surface area contributed by atoms with E-state index >= 15 is 0 Å². The van der Waals surface area contributed by atoms with E-state index in [-0.39, 0.29) is 10.6 Å². The van der Waals surface area contributed by atoms with Gasteiger partial charge in [-0.1, -0.05) is 18.2 Å². The van der Waals surface area contributed by atoms with Crippen LogP contribution in [0.5, 0.6) is 17.2 Å².